The smallest absolute Gasteiger partial charge is 0.178 e. The zero-order valence-corrected chi connectivity index (χ0v) is 11.4. The normalized spacial score (nSPS) is 10.3. The van der Waals surface area contributed by atoms with Gasteiger partial charge in [-0.25, -0.2) is 0 Å². The van der Waals surface area contributed by atoms with Crippen LogP contribution in [0.5, 0.6) is 5.75 Å². The molecule has 0 aliphatic carbocycles. The average molecular weight is 233 g/mol. The Balaban J connectivity index is 2.71. The van der Waals surface area contributed by atoms with Crippen LogP contribution in [-0.4, -0.2) is 18.8 Å². The molecule has 0 saturated carbocycles. The van der Waals surface area contributed by atoms with E-state index in [0.29, 0.717) is 6.71 Å². The van der Waals surface area contributed by atoms with Gasteiger partial charge >= 0.3 is 0 Å². The fraction of sp³-hybridized carbons (Fsp3) is 0.643. The quantitative estimate of drug-likeness (QED) is 0.642. The molecule has 0 aliphatic heterocycles. The molecule has 0 bridgehead atoms. The molecule has 1 aromatic heterocycles. The van der Waals surface area contributed by atoms with Gasteiger partial charge < -0.3 is 4.74 Å². The molecule has 17 heavy (non-hydrogen) atoms. The van der Waals surface area contributed by atoms with Gasteiger partial charge in [-0.3, -0.25) is 4.98 Å². The Morgan fingerprint density at radius 2 is 1.76 bits per heavy atom. The highest BCUT2D eigenvalue weighted by molar-refractivity contribution is 6.73. The highest BCUT2D eigenvalue weighted by Gasteiger charge is 2.16. The van der Waals surface area contributed by atoms with E-state index in [9.17, 15) is 0 Å². The monoisotopic (exact) mass is 233 g/mol. The van der Waals surface area contributed by atoms with Crippen molar-refractivity contribution in [1.29, 1.82) is 0 Å². The fourth-order valence-electron chi connectivity index (χ4n) is 2.15. The van der Waals surface area contributed by atoms with Gasteiger partial charge in [0.1, 0.15) is 5.75 Å². The maximum atomic E-state index is 5.25. The molecule has 0 amide bonds. The molecule has 94 valence electrons. The van der Waals surface area contributed by atoms with E-state index in [2.05, 4.69) is 24.9 Å². The van der Waals surface area contributed by atoms with E-state index < -0.39 is 0 Å². The van der Waals surface area contributed by atoms with Crippen molar-refractivity contribution < 1.29 is 4.74 Å². The van der Waals surface area contributed by atoms with E-state index in [1.54, 1.807) is 13.3 Å². The summed E-state index contributed by atoms with van der Waals surface area (Å²) in [5.41, 5.74) is 1.34. The molecule has 0 aliphatic rings. The standard InChI is InChI=1S/C14H24BNO/c1-4-6-8-15(9-7-5-2)13-10-14(17-3)12-16-11-13/h10-12H,4-9H2,1-3H3. The average Bonchev–Trinajstić information content (AvgIpc) is 2.39. The maximum Gasteiger partial charge on any atom is 0.178 e. The van der Waals surface area contributed by atoms with E-state index in [0.717, 1.165) is 5.75 Å². The molecule has 1 rings (SSSR count). The zero-order chi connectivity index (χ0) is 12.5. The van der Waals surface area contributed by atoms with Crippen molar-refractivity contribution in [2.75, 3.05) is 7.11 Å². The number of aromatic nitrogens is 1. The first-order chi connectivity index (χ1) is 8.31. The number of hydrogen-bond acceptors (Lipinski definition) is 2. The first-order valence-corrected chi connectivity index (χ1v) is 6.80. The molecule has 0 unspecified atom stereocenters. The molecule has 0 fully saturated rings. The Morgan fingerprint density at radius 1 is 1.12 bits per heavy atom. The minimum absolute atomic E-state index is 0.650. The third-order valence-corrected chi connectivity index (χ3v) is 3.25. The topological polar surface area (TPSA) is 22.1 Å². The predicted octanol–water partition coefficient (Wildman–Crippen LogP) is 3.39. The highest BCUT2D eigenvalue weighted by Crippen LogP contribution is 2.12. The van der Waals surface area contributed by atoms with Gasteiger partial charge in [-0.1, -0.05) is 57.6 Å². The Hall–Kier alpha value is -0.985. The summed E-state index contributed by atoms with van der Waals surface area (Å²) >= 11 is 0. The van der Waals surface area contributed by atoms with Crippen molar-refractivity contribution in [3.05, 3.63) is 18.5 Å². The lowest BCUT2D eigenvalue weighted by Gasteiger charge is -2.13. The highest BCUT2D eigenvalue weighted by atomic mass is 16.5. The van der Waals surface area contributed by atoms with Gasteiger partial charge in [-0.2, -0.15) is 0 Å². The van der Waals surface area contributed by atoms with Crippen LogP contribution in [0.1, 0.15) is 39.5 Å². The number of methoxy groups -OCH3 is 1. The van der Waals surface area contributed by atoms with Crippen molar-refractivity contribution in [2.45, 2.75) is 52.2 Å². The number of rotatable bonds is 8. The lowest BCUT2D eigenvalue weighted by Crippen LogP contribution is -2.30. The first-order valence-electron chi connectivity index (χ1n) is 6.80. The second-order valence-corrected chi connectivity index (χ2v) is 4.64. The number of pyridine rings is 1. The van der Waals surface area contributed by atoms with Crippen LogP contribution in [0.4, 0.5) is 0 Å². The maximum absolute atomic E-state index is 5.25. The summed E-state index contributed by atoms with van der Waals surface area (Å²) in [6.07, 6.45) is 11.4. The minimum Gasteiger partial charge on any atom is -0.495 e. The van der Waals surface area contributed by atoms with Gasteiger partial charge in [0.25, 0.3) is 0 Å². The van der Waals surface area contributed by atoms with Gasteiger partial charge in [0.15, 0.2) is 6.71 Å². The largest absolute Gasteiger partial charge is 0.495 e. The minimum atomic E-state index is 0.650. The summed E-state index contributed by atoms with van der Waals surface area (Å²) in [5, 5.41) is 0. The lowest BCUT2D eigenvalue weighted by molar-refractivity contribution is 0.413. The molecule has 3 heteroatoms. The predicted molar refractivity (Wildman–Crippen MR) is 75.6 cm³/mol. The third-order valence-electron chi connectivity index (χ3n) is 3.25. The Morgan fingerprint density at radius 3 is 2.29 bits per heavy atom. The van der Waals surface area contributed by atoms with E-state index in [1.165, 1.54) is 43.8 Å². The molecule has 0 radical (unpaired) electrons. The van der Waals surface area contributed by atoms with Crippen LogP contribution in [-0.2, 0) is 0 Å². The van der Waals surface area contributed by atoms with Gasteiger partial charge in [0.2, 0.25) is 0 Å². The van der Waals surface area contributed by atoms with E-state index in [4.69, 9.17) is 4.74 Å². The molecule has 2 nitrogen and oxygen atoms in total. The van der Waals surface area contributed by atoms with Crippen LogP contribution >= 0.6 is 0 Å². The number of nitrogens with zero attached hydrogens (tertiary/aromatic N) is 1. The van der Waals surface area contributed by atoms with Gasteiger partial charge in [0.05, 0.1) is 13.3 Å². The van der Waals surface area contributed by atoms with Crippen molar-refractivity contribution in [2.24, 2.45) is 0 Å². The molecule has 0 aromatic carbocycles. The van der Waals surface area contributed by atoms with Gasteiger partial charge in [0, 0.05) is 6.20 Å². The summed E-state index contributed by atoms with van der Waals surface area (Å²) in [5.74, 6) is 0.875. The zero-order valence-electron chi connectivity index (χ0n) is 11.4. The van der Waals surface area contributed by atoms with Crippen LogP contribution in [0.3, 0.4) is 0 Å². The Kier molecular flexibility index (Phi) is 6.75. The SMILES string of the molecule is CCCCB(CCCC)c1cncc(OC)c1. The van der Waals surface area contributed by atoms with Crippen molar-refractivity contribution in [1.82, 2.24) is 4.98 Å². The molecule has 1 aromatic rings. The van der Waals surface area contributed by atoms with Crippen LogP contribution in [0.15, 0.2) is 18.5 Å². The molecule has 1 heterocycles. The number of ether oxygens (including phenoxy) is 1. The summed E-state index contributed by atoms with van der Waals surface area (Å²) in [6.45, 7) is 5.15. The first kappa shape index (κ1) is 14.1. The van der Waals surface area contributed by atoms with Crippen molar-refractivity contribution in [3.8, 4) is 5.75 Å². The molecule has 0 N–H and O–H groups in total. The molecular weight excluding hydrogens is 209 g/mol. The van der Waals surface area contributed by atoms with Gasteiger partial charge in [-0.05, 0) is 6.07 Å². The molecule has 0 spiro atoms. The van der Waals surface area contributed by atoms with Crippen LogP contribution < -0.4 is 10.2 Å². The second kappa shape index (κ2) is 8.16. The molecule has 0 saturated heterocycles. The fourth-order valence-corrected chi connectivity index (χ4v) is 2.15. The van der Waals surface area contributed by atoms with Crippen LogP contribution in [0, 0.1) is 0 Å². The summed E-state index contributed by atoms with van der Waals surface area (Å²) in [4.78, 5) is 4.27. The van der Waals surface area contributed by atoms with Crippen molar-refractivity contribution >= 4 is 12.2 Å². The second-order valence-electron chi connectivity index (χ2n) is 4.64. The van der Waals surface area contributed by atoms with Crippen LogP contribution in [0.2, 0.25) is 12.6 Å². The molecule has 0 atom stereocenters. The van der Waals surface area contributed by atoms with Crippen LogP contribution in [0.25, 0.3) is 0 Å². The summed E-state index contributed by atoms with van der Waals surface area (Å²) < 4.78 is 5.25. The lowest BCUT2D eigenvalue weighted by atomic mass is 9.40. The number of unbranched alkanes of at least 4 members (excludes halogenated alkanes) is 2. The number of hydrogen-bond donors (Lipinski definition) is 0. The third kappa shape index (κ3) is 4.80. The summed E-state index contributed by atoms with van der Waals surface area (Å²) in [6, 6.07) is 2.14. The van der Waals surface area contributed by atoms with E-state index in [-0.39, 0.29) is 0 Å². The summed E-state index contributed by atoms with van der Waals surface area (Å²) in [7, 11) is 1.70. The van der Waals surface area contributed by atoms with Crippen molar-refractivity contribution in [3.63, 3.8) is 0 Å². The van der Waals surface area contributed by atoms with E-state index in [1.807, 2.05) is 6.20 Å². The Labute approximate surface area is 106 Å². The Bertz CT molecular complexity index is 309. The van der Waals surface area contributed by atoms with Gasteiger partial charge in [-0.15, -0.1) is 0 Å². The van der Waals surface area contributed by atoms with E-state index >= 15 is 0 Å². The molecular formula is C14H24BNO.